The highest BCUT2D eigenvalue weighted by molar-refractivity contribution is 8.00. The number of carboxylic acid groups (broad SMARTS) is 1. The third kappa shape index (κ3) is 4.30. The van der Waals surface area contributed by atoms with Crippen molar-refractivity contribution in [2.75, 3.05) is 12.4 Å². The molecular formula is C18H21N5O8S. The summed E-state index contributed by atoms with van der Waals surface area (Å²) in [7, 11) is 0. The number of nitrogens with zero attached hydrogens (tertiary/aromatic N) is 4. The maximum atomic E-state index is 12.6. The zero-order valence-electron chi connectivity index (χ0n) is 17.5. The predicted molar refractivity (Wildman–Crippen MR) is 109 cm³/mol. The third-order valence-corrected chi connectivity index (χ3v) is 6.43. The summed E-state index contributed by atoms with van der Waals surface area (Å²) in [4.78, 5) is 59.3. The van der Waals surface area contributed by atoms with E-state index in [-0.39, 0.29) is 42.4 Å². The molecule has 0 bridgehead atoms. The maximum absolute atomic E-state index is 12.6. The van der Waals surface area contributed by atoms with Gasteiger partial charge in [0.25, 0.3) is 5.91 Å². The Morgan fingerprint density at radius 1 is 1.38 bits per heavy atom. The fourth-order valence-electron chi connectivity index (χ4n) is 3.61. The van der Waals surface area contributed by atoms with Crippen molar-refractivity contribution in [1.82, 2.24) is 20.0 Å². The molecule has 13 nitrogen and oxygen atoms in total. The fraction of sp³-hybridized carbons (Fsp3) is 0.500. The van der Waals surface area contributed by atoms with Crippen LogP contribution in [0, 0.1) is 24.0 Å². The Bertz CT molecular complexity index is 1050. The summed E-state index contributed by atoms with van der Waals surface area (Å²) in [6.45, 7) is 4.10. The molecule has 14 heteroatoms. The molecule has 1 fully saturated rings. The first-order chi connectivity index (χ1) is 15.0. The molecule has 2 aliphatic rings. The lowest BCUT2D eigenvalue weighted by molar-refractivity contribution is -0.386. The van der Waals surface area contributed by atoms with Crippen molar-refractivity contribution in [2.24, 2.45) is 0 Å². The van der Waals surface area contributed by atoms with Gasteiger partial charge in [0.05, 0.1) is 11.5 Å². The number of nitro groups is 1. The van der Waals surface area contributed by atoms with Gasteiger partial charge < -0.3 is 15.2 Å². The molecule has 2 atom stereocenters. The quantitative estimate of drug-likeness (QED) is 0.231. The SMILES string of the molecule is CC(=O)OCC1=C(C(=O)O)N2C(=O)[C@H](NC(=O)CCn3nc(C)c([N+](=O)[O-])c3C)[C@H]2SC1. The number of hydrogen-bond donors (Lipinski definition) is 2. The van der Waals surface area contributed by atoms with E-state index >= 15 is 0 Å². The molecule has 1 aromatic heterocycles. The van der Waals surface area contributed by atoms with Crippen LogP contribution in [0.3, 0.4) is 0 Å². The summed E-state index contributed by atoms with van der Waals surface area (Å²) in [6, 6.07) is -0.896. The van der Waals surface area contributed by atoms with Crippen LogP contribution in [0.1, 0.15) is 24.7 Å². The Morgan fingerprint density at radius 2 is 2.06 bits per heavy atom. The molecule has 2 N–H and O–H groups in total. The molecule has 2 amide bonds. The van der Waals surface area contributed by atoms with Gasteiger partial charge >= 0.3 is 17.6 Å². The second-order valence-electron chi connectivity index (χ2n) is 7.24. The highest BCUT2D eigenvalue weighted by Crippen LogP contribution is 2.40. The van der Waals surface area contributed by atoms with E-state index in [0.717, 1.165) is 4.90 Å². The number of fused-ring (bicyclic) bond motifs is 1. The Morgan fingerprint density at radius 3 is 2.62 bits per heavy atom. The van der Waals surface area contributed by atoms with E-state index in [1.807, 2.05) is 0 Å². The minimum Gasteiger partial charge on any atom is -0.477 e. The topological polar surface area (TPSA) is 174 Å². The number of carbonyl (C=O) groups excluding carboxylic acids is 3. The first-order valence-corrected chi connectivity index (χ1v) is 10.6. The summed E-state index contributed by atoms with van der Waals surface area (Å²) >= 11 is 1.26. The molecule has 1 saturated heterocycles. The summed E-state index contributed by atoms with van der Waals surface area (Å²) in [6.07, 6.45) is -0.0698. The molecule has 32 heavy (non-hydrogen) atoms. The van der Waals surface area contributed by atoms with Crippen LogP contribution in [0.5, 0.6) is 0 Å². The third-order valence-electron chi connectivity index (χ3n) is 5.09. The van der Waals surface area contributed by atoms with Crippen molar-refractivity contribution in [1.29, 1.82) is 0 Å². The van der Waals surface area contributed by atoms with Gasteiger partial charge in [-0.2, -0.15) is 5.10 Å². The number of aromatic nitrogens is 2. The normalized spacial score (nSPS) is 19.8. The average Bonchev–Trinajstić information content (AvgIpc) is 3.00. The highest BCUT2D eigenvalue weighted by atomic mass is 32.2. The number of nitrogens with one attached hydrogen (secondary N) is 1. The monoisotopic (exact) mass is 467 g/mol. The van der Waals surface area contributed by atoms with Crippen LogP contribution >= 0.6 is 11.8 Å². The molecule has 172 valence electrons. The number of carboxylic acids is 1. The van der Waals surface area contributed by atoms with Crippen molar-refractivity contribution in [3.63, 3.8) is 0 Å². The van der Waals surface area contributed by atoms with E-state index < -0.39 is 40.1 Å². The average molecular weight is 467 g/mol. The fourth-order valence-corrected chi connectivity index (χ4v) is 4.93. The molecule has 0 spiro atoms. The number of aliphatic carboxylic acids is 1. The number of aryl methyl sites for hydroxylation is 2. The zero-order chi connectivity index (χ0) is 23.7. The smallest absolute Gasteiger partial charge is 0.352 e. The summed E-state index contributed by atoms with van der Waals surface area (Å²) in [5.74, 6) is -2.70. The van der Waals surface area contributed by atoms with Crippen molar-refractivity contribution >= 4 is 41.2 Å². The molecule has 0 saturated carbocycles. The van der Waals surface area contributed by atoms with Crippen LogP contribution in [0.2, 0.25) is 0 Å². The molecule has 0 aromatic carbocycles. The Kier molecular flexibility index (Phi) is 6.52. The van der Waals surface area contributed by atoms with E-state index in [2.05, 4.69) is 10.4 Å². The van der Waals surface area contributed by atoms with E-state index in [1.54, 1.807) is 0 Å². The van der Waals surface area contributed by atoms with Gasteiger partial charge in [0.2, 0.25) is 5.91 Å². The van der Waals surface area contributed by atoms with Gasteiger partial charge in [-0.25, -0.2) is 4.79 Å². The molecular weight excluding hydrogens is 446 g/mol. The number of ether oxygens (including phenoxy) is 1. The van der Waals surface area contributed by atoms with E-state index in [0.29, 0.717) is 11.3 Å². The summed E-state index contributed by atoms with van der Waals surface area (Å²) < 4.78 is 6.24. The van der Waals surface area contributed by atoms with Gasteiger partial charge in [-0.15, -0.1) is 11.8 Å². The highest BCUT2D eigenvalue weighted by Gasteiger charge is 2.54. The predicted octanol–water partition coefficient (Wildman–Crippen LogP) is 0.0999. The molecule has 3 rings (SSSR count). The molecule has 0 aliphatic carbocycles. The standard InChI is InChI=1S/C18H21N5O8S/c1-8-14(23(29)30)9(2)21(20-8)5-4-12(25)19-13-16(26)22-15(18(27)28)11(6-31-10(3)24)7-32-17(13)22/h13,17H,4-7H2,1-3H3,(H,19,25)(H,27,28)/t13-,17+/m0/s1. The minimum atomic E-state index is -1.32. The van der Waals surface area contributed by atoms with Crippen molar-refractivity contribution in [2.45, 2.75) is 45.2 Å². The lowest BCUT2D eigenvalue weighted by Crippen LogP contribution is -2.70. The van der Waals surface area contributed by atoms with Crippen LogP contribution in [0.25, 0.3) is 0 Å². The lowest BCUT2D eigenvalue weighted by Gasteiger charge is -2.49. The first kappa shape index (κ1) is 23.2. The van der Waals surface area contributed by atoms with Crippen molar-refractivity contribution in [3.05, 3.63) is 32.8 Å². The molecule has 0 radical (unpaired) electrons. The van der Waals surface area contributed by atoms with Crippen LogP contribution < -0.4 is 5.32 Å². The second-order valence-corrected chi connectivity index (χ2v) is 8.35. The number of esters is 1. The molecule has 3 heterocycles. The number of β-lactam (4-membered cyclic amide) rings is 1. The van der Waals surface area contributed by atoms with Crippen molar-refractivity contribution in [3.8, 4) is 0 Å². The minimum absolute atomic E-state index is 0.0698. The van der Waals surface area contributed by atoms with Gasteiger partial charge in [0.15, 0.2) is 0 Å². The molecule has 0 unspecified atom stereocenters. The van der Waals surface area contributed by atoms with Crippen molar-refractivity contribution < 1.29 is 33.9 Å². The molecule has 2 aliphatic heterocycles. The summed E-state index contributed by atoms with van der Waals surface area (Å²) in [5.41, 5.74) is 0.532. The van der Waals surface area contributed by atoms with Crippen LogP contribution in [-0.4, -0.2) is 72.2 Å². The number of carbonyl (C=O) groups is 4. The zero-order valence-corrected chi connectivity index (χ0v) is 18.3. The summed E-state index contributed by atoms with van der Waals surface area (Å²) in [5, 5.41) is 26.7. The Balaban J connectivity index is 1.63. The van der Waals surface area contributed by atoms with Crippen LogP contribution in [-0.2, 0) is 30.5 Å². The second kappa shape index (κ2) is 8.98. The Hall–Kier alpha value is -3.42. The van der Waals surface area contributed by atoms with E-state index in [4.69, 9.17) is 4.74 Å². The Labute approximate surface area is 185 Å². The number of amides is 2. The number of rotatable bonds is 8. The maximum Gasteiger partial charge on any atom is 0.352 e. The number of thioether (sulfide) groups is 1. The van der Waals surface area contributed by atoms with E-state index in [9.17, 15) is 34.4 Å². The van der Waals surface area contributed by atoms with Crippen LogP contribution in [0.15, 0.2) is 11.3 Å². The van der Waals surface area contributed by atoms with Gasteiger partial charge in [-0.3, -0.25) is 34.1 Å². The van der Waals surface area contributed by atoms with Gasteiger partial charge in [-0.1, -0.05) is 0 Å². The largest absolute Gasteiger partial charge is 0.477 e. The lowest BCUT2D eigenvalue weighted by atomic mass is 10.0. The van der Waals surface area contributed by atoms with Gasteiger partial charge in [-0.05, 0) is 13.8 Å². The van der Waals surface area contributed by atoms with Gasteiger partial charge in [0, 0.05) is 24.7 Å². The number of hydrogen-bond acceptors (Lipinski definition) is 9. The van der Waals surface area contributed by atoms with Crippen LogP contribution in [0.4, 0.5) is 5.69 Å². The first-order valence-electron chi connectivity index (χ1n) is 9.54. The molecule has 1 aromatic rings. The van der Waals surface area contributed by atoms with E-state index in [1.165, 1.54) is 37.2 Å². The van der Waals surface area contributed by atoms with Gasteiger partial charge in [0.1, 0.15) is 35.1 Å².